The number of hydrogen-bond donors (Lipinski definition) is 0. The summed E-state index contributed by atoms with van der Waals surface area (Å²) in [5, 5.41) is 12.8. The van der Waals surface area contributed by atoms with Gasteiger partial charge in [-0.05, 0) is 52.9 Å². The minimum absolute atomic E-state index is 0.553. The summed E-state index contributed by atoms with van der Waals surface area (Å²) in [7, 11) is 1.64. The van der Waals surface area contributed by atoms with Crippen molar-refractivity contribution < 1.29 is 14.2 Å². The van der Waals surface area contributed by atoms with Crippen molar-refractivity contribution in [3.05, 3.63) is 77.2 Å². The van der Waals surface area contributed by atoms with E-state index in [0.717, 1.165) is 44.5 Å². The average molecular weight is 473 g/mol. The summed E-state index contributed by atoms with van der Waals surface area (Å²) in [6.07, 6.45) is 0. The van der Waals surface area contributed by atoms with Crippen LogP contribution in [0.15, 0.2) is 71.1 Å². The van der Waals surface area contributed by atoms with E-state index in [4.69, 9.17) is 19.2 Å². The van der Waals surface area contributed by atoms with Gasteiger partial charge in [-0.3, -0.25) is 0 Å². The van der Waals surface area contributed by atoms with Crippen LogP contribution in [0.5, 0.6) is 17.2 Å². The summed E-state index contributed by atoms with van der Waals surface area (Å²) in [4.78, 5) is 5.94. The van der Waals surface area contributed by atoms with Crippen LogP contribution >= 0.6 is 23.1 Å². The second-order valence-electron chi connectivity index (χ2n) is 7.32. The molecule has 5 nitrogen and oxygen atoms in total. The fourth-order valence-electron chi connectivity index (χ4n) is 3.61. The number of fused-ring (bicyclic) bond motifs is 1. The normalized spacial score (nSPS) is 12.2. The van der Waals surface area contributed by atoms with Gasteiger partial charge in [-0.1, -0.05) is 24.3 Å². The number of rotatable bonds is 6. The van der Waals surface area contributed by atoms with Gasteiger partial charge in [0, 0.05) is 11.3 Å². The van der Waals surface area contributed by atoms with Crippen LogP contribution < -0.4 is 14.2 Å². The van der Waals surface area contributed by atoms with E-state index in [0.29, 0.717) is 29.6 Å². The maximum Gasteiger partial charge on any atom is 0.161 e. The highest BCUT2D eigenvalue weighted by Crippen LogP contribution is 2.38. The number of ether oxygens (including phenoxy) is 3. The summed E-state index contributed by atoms with van der Waals surface area (Å²) >= 11 is 3.19. The molecule has 0 unspecified atom stereocenters. The average Bonchev–Trinajstić information content (AvgIpc) is 3.42. The maximum absolute atomic E-state index is 10.1. The molecule has 0 spiro atoms. The van der Waals surface area contributed by atoms with Gasteiger partial charge in [-0.15, -0.1) is 23.1 Å². The molecule has 0 N–H and O–H groups in total. The van der Waals surface area contributed by atoms with Crippen LogP contribution in [-0.4, -0.2) is 25.3 Å². The van der Waals surface area contributed by atoms with Crippen LogP contribution in [0.3, 0.4) is 0 Å². The quantitative estimate of drug-likeness (QED) is 0.302. The van der Waals surface area contributed by atoms with Crippen LogP contribution in [0.2, 0.25) is 0 Å². The molecule has 0 aliphatic carbocycles. The molecule has 0 atom stereocenters. The van der Waals surface area contributed by atoms with Crippen molar-refractivity contribution in [2.75, 3.05) is 20.3 Å². The smallest absolute Gasteiger partial charge is 0.161 e. The zero-order valence-electron chi connectivity index (χ0n) is 17.9. The Morgan fingerprint density at radius 2 is 1.88 bits per heavy atom. The van der Waals surface area contributed by atoms with Gasteiger partial charge in [-0.2, -0.15) is 5.26 Å². The molecule has 164 valence electrons. The number of hydrogen-bond acceptors (Lipinski definition) is 7. The molecule has 0 radical (unpaired) electrons. The van der Waals surface area contributed by atoms with Crippen molar-refractivity contribution in [3.8, 4) is 45.0 Å². The van der Waals surface area contributed by atoms with Crippen LogP contribution in [0, 0.1) is 11.3 Å². The predicted octanol–water partition coefficient (Wildman–Crippen LogP) is 6.42. The molecule has 1 aliphatic heterocycles. The highest BCUT2D eigenvalue weighted by molar-refractivity contribution is 7.98. The van der Waals surface area contributed by atoms with Crippen LogP contribution in [0.25, 0.3) is 21.7 Å². The van der Waals surface area contributed by atoms with Gasteiger partial charge in [0.1, 0.15) is 30.1 Å². The minimum atomic E-state index is 0.553. The van der Waals surface area contributed by atoms with E-state index in [2.05, 4.69) is 6.07 Å². The van der Waals surface area contributed by atoms with Crippen molar-refractivity contribution in [1.82, 2.24) is 4.98 Å². The van der Waals surface area contributed by atoms with Crippen molar-refractivity contribution in [3.63, 3.8) is 0 Å². The molecule has 0 bridgehead atoms. The highest BCUT2D eigenvalue weighted by atomic mass is 32.2. The Morgan fingerprint density at radius 3 is 2.61 bits per heavy atom. The lowest BCUT2D eigenvalue weighted by Gasteiger charge is -2.19. The summed E-state index contributed by atoms with van der Waals surface area (Å²) < 4.78 is 16.6. The third-order valence-electron chi connectivity index (χ3n) is 5.25. The largest absolute Gasteiger partial charge is 0.497 e. The third-order valence-corrected chi connectivity index (χ3v) is 7.19. The van der Waals surface area contributed by atoms with Crippen LogP contribution in [0.1, 0.15) is 11.1 Å². The van der Waals surface area contributed by atoms with Gasteiger partial charge in [0.2, 0.25) is 0 Å². The Bertz CT molecular complexity index is 1310. The van der Waals surface area contributed by atoms with Gasteiger partial charge in [0.05, 0.1) is 23.2 Å². The molecule has 33 heavy (non-hydrogen) atoms. The molecule has 3 heterocycles. The molecule has 2 aromatic heterocycles. The van der Waals surface area contributed by atoms with Crippen molar-refractivity contribution in [2.45, 2.75) is 10.8 Å². The Balaban J connectivity index is 1.52. The highest BCUT2D eigenvalue weighted by Gasteiger charge is 2.18. The Labute approximate surface area is 200 Å². The molecule has 7 heteroatoms. The number of aromatic nitrogens is 1. The number of pyridine rings is 1. The van der Waals surface area contributed by atoms with Crippen LogP contribution in [0.4, 0.5) is 0 Å². The van der Waals surface area contributed by atoms with Gasteiger partial charge in [0.15, 0.2) is 11.5 Å². The first-order chi connectivity index (χ1) is 16.2. The van der Waals surface area contributed by atoms with Gasteiger partial charge < -0.3 is 14.2 Å². The summed E-state index contributed by atoms with van der Waals surface area (Å²) in [6, 6.07) is 22.2. The van der Waals surface area contributed by atoms with Gasteiger partial charge >= 0.3 is 0 Å². The van der Waals surface area contributed by atoms with Crippen LogP contribution in [-0.2, 0) is 5.75 Å². The first-order valence-electron chi connectivity index (χ1n) is 10.4. The fraction of sp³-hybridized carbons (Fsp3) is 0.154. The van der Waals surface area contributed by atoms with E-state index in [1.54, 1.807) is 30.2 Å². The van der Waals surface area contributed by atoms with E-state index in [9.17, 15) is 5.26 Å². The molecular weight excluding hydrogens is 452 g/mol. The van der Waals surface area contributed by atoms with Crippen molar-refractivity contribution >= 4 is 23.1 Å². The predicted molar refractivity (Wildman–Crippen MR) is 131 cm³/mol. The van der Waals surface area contributed by atoms with E-state index >= 15 is 0 Å². The molecule has 5 rings (SSSR count). The maximum atomic E-state index is 10.1. The minimum Gasteiger partial charge on any atom is -0.497 e. The summed E-state index contributed by atoms with van der Waals surface area (Å²) in [5.41, 5.74) is 4.34. The molecule has 0 saturated carbocycles. The van der Waals surface area contributed by atoms with E-state index < -0.39 is 0 Å². The lowest BCUT2D eigenvalue weighted by atomic mass is 10.0. The third kappa shape index (κ3) is 4.54. The molecular formula is C26H20N2O3S2. The first-order valence-corrected chi connectivity index (χ1v) is 12.3. The lowest BCUT2D eigenvalue weighted by molar-refractivity contribution is 0.171. The SMILES string of the molecule is COc1ccc(-c2cc(-c3cccs3)nc(SCc3ccc4c(c3)OCCO4)c2C#N)cc1. The molecule has 4 aromatic rings. The number of nitrogens with zero attached hydrogens (tertiary/aromatic N) is 2. The molecule has 2 aromatic carbocycles. The zero-order chi connectivity index (χ0) is 22.6. The second kappa shape index (κ2) is 9.57. The second-order valence-corrected chi connectivity index (χ2v) is 9.23. The number of methoxy groups -OCH3 is 1. The molecule has 0 saturated heterocycles. The topological polar surface area (TPSA) is 64.4 Å². The standard InChI is InChI=1S/C26H20N2O3S2/c1-29-19-7-5-18(6-8-19)20-14-22(25-3-2-12-32-25)28-26(21(20)15-27)33-16-17-4-9-23-24(13-17)31-11-10-30-23/h2-9,12-14H,10-11,16H2,1H3. The number of thiophene rings is 1. The summed E-state index contributed by atoms with van der Waals surface area (Å²) in [5.74, 6) is 2.97. The Hall–Kier alpha value is -3.47. The Morgan fingerprint density at radius 1 is 1.06 bits per heavy atom. The van der Waals surface area contributed by atoms with Crippen molar-refractivity contribution in [1.29, 1.82) is 5.26 Å². The number of nitriles is 1. The first kappa shape index (κ1) is 21.4. The summed E-state index contributed by atoms with van der Waals surface area (Å²) in [6.45, 7) is 1.12. The number of benzene rings is 2. The van der Waals surface area contributed by atoms with Gasteiger partial charge in [0.25, 0.3) is 0 Å². The van der Waals surface area contributed by atoms with E-state index in [1.807, 2.05) is 66.0 Å². The fourth-order valence-corrected chi connectivity index (χ4v) is 5.24. The Kier molecular flexibility index (Phi) is 6.20. The monoisotopic (exact) mass is 472 g/mol. The van der Waals surface area contributed by atoms with E-state index in [1.165, 1.54) is 0 Å². The van der Waals surface area contributed by atoms with E-state index in [-0.39, 0.29) is 0 Å². The lowest BCUT2D eigenvalue weighted by Crippen LogP contribution is -2.15. The molecule has 0 fully saturated rings. The number of thioether (sulfide) groups is 1. The zero-order valence-corrected chi connectivity index (χ0v) is 19.5. The molecule has 0 amide bonds. The van der Waals surface area contributed by atoms with Gasteiger partial charge in [-0.25, -0.2) is 4.98 Å². The van der Waals surface area contributed by atoms with Crippen molar-refractivity contribution in [2.24, 2.45) is 0 Å². The molecule has 1 aliphatic rings.